The predicted octanol–water partition coefficient (Wildman–Crippen LogP) is -2.27. The smallest absolute Gasteiger partial charge is 0.117 e. The number of hydrogen-bond donors (Lipinski definition) is 5. The molecule has 0 amide bonds. The van der Waals surface area contributed by atoms with E-state index >= 15 is 0 Å². The summed E-state index contributed by atoms with van der Waals surface area (Å²) in [6, 6.07) is 0. The summed E-state index contributed by atoms with van der Waals surface area (Å²) in [6.07, 6.45) is 0. The Morgan fingerprint density at radius 1 is 1.57 bits per heavy atom. The van der Waals surface area contributed by atoms with Crippen molar-refractivity contribution in [2.45, 2.75) is 0 Å². The predicted molar refractivity (Wildman–Crippen MR) is 27.4 cm³/mol. The minimum absolute atomic E-state index is 0.190. The number of hydrogen-bond acceptors (Lipinski definition) is 4. The van der Waals surface area contributed by atoms with Crippen LogP contribution in [0.3, 0.4) is 0 Å². The molecule has 0 spiro atoms. The summed E-state index contributed by atoms with van der Waals surface area (Å²) < 4.78 is 0. The molecule has 0 aromatic carbocycles. The monoisotopic (exact) mass is 106 g/mol. The van der Waals surface area contributed by atoms with E-state index in [4.69, 9.17) is 10.5 Å². The molecular formula is C2H10N4O. The summed E-state index contributed by atoms with van der Waals surface area (Å²) in [7, 11) is 0. The van der Waals surface area contributed by atoms with E-state index in [1.165, 1.54) is 0 Å². The number of nitrogens with two attached hydrogens (primary N) is 3. The van der Waals surface area contributed by atoms with Gasteiger partial charge < -0.3 is 10.8 Å². The van der Waals surface area contributed by atoms with Gasteiger partial charge in [0, 0.05) is 0 Å². The molecule has 0 aromatic rings. The van der Waals surface area contributed by atoms with Gasteiger partial charge in [-0.1, -0.05) is 0 Å². The number of aliphatic hydroxyl groups excluding tert-OH is 1. The second-order valence-corrected chi connectivity index (χ2v) is 0.683. The van der Waals surface area contributed by atoms with E-state index in [0.29, 0.717) is 0 Å². The average molecular weight is 106 g/mol. The lowest BCUT2D eigenvalue weighted by molar-refractivity contribution is 0.355. The van der Waals surface area contributed by atoms with Gasteiger partial charge in [-0.3, -0.25) is 17.1 Å². The fourth-order valence-electron chi connectivity index (χ4n) is 0. The highest BCUT2D eigenvalue weighted by atomic mass is 16.3. The Morgan fingerprint density at radius 3 is 1.71 bits per heavy atom. The Morgan fingerprint density at radius 2 is 1.71 bits per heavy atom. The zero-order valence-electron chi connectivity index (χ0n) is 3.89. The van der Waals surface area contributed by atoms with Crippen LogP contribution in [-0.2, 0) is 0 Å². The fourth-order valence-corrected chi connectivity index (χ4v) is 0. The minimum Gasteiger partial charge on any atom is -0.388 e. The topological polar surface area (TPSA) is 122 Å². The normalized spacial score (nSPS) is 6.14. The van der Waals surface area contributed by atoms with Gasteiger partial charge in [-0.05, 0) is 0 Å². The van der Waals surface area contributed by atoms with Crippen LogP contribution in [0.4, 0.5) is 0 Å². The molecule has 5 heteroatoms. The molecule has 0 saturated carbocycles. The maximum Gasteiger partial charge on any atom is 0.117 e. The van der Waals surface area contributed by atoms with E-state index in [1.807, 2.05) is 0 Å². The van der Waals surface area contributed by atoms with Crippen LogP contribution in [0.1, 0.15) is 0 Å². The van der Waals surface area contributed by atoms with Crippen molar-refractivity contribution in [1.29, 1.82) is 5.41 Å². The molecule has 0 aliphatic carbocycles. The Kier molecular flexibility index (Phi) is 12.4. The first kappa shape index (κ1) is 9.61. The van der Waals surface area contributed by atoms with Gasteiger partial charge in [0.1, 0.15) is 5.84 Å². The highest BCUT2D eigenvalue weighted by Gasteiger charge is 1.72. The van der Waals surface area contributed by atoms with Crippen LogP contribution < -0.4 is 17.4 Å². The molecule has 0 bridgehead atoms. The van der Waals surface area contributed by atoms with Gasteiger partial charge in [-0.25, -0.2) is 0 Å². The summed E-state index contributed by atoms with van der Waals surface area (Å²) in [5, 5.41) is 14.1. The van der Waals surface area contributed by atoms with Crippen LogP contribution in [0.5, 0.6) is 0 Å². The molecule has 0 aliphatic heterocycles. The van der Waals surface area contributed by atoms with Gasteiger partial charge in [0.15, 0.2) is 0 Å². The van der Waals surface area contributed by atoms with Gasteiger partial charge in [-0.2, -0.15) is 0 Å². The van der Waals surface area contributed by atoms with E-state index in [-0.39, 0.29) is 12.4 Å². The molecule has 44 valence electrons. The van der Waals surface area contributed by atoms with Crippen LogP contribution in [0.25, 0.3) is 0 Å². The number of aliphatic hydroxyl groups is 1. The summed E-state index contributed by atoms with van der Waals surface area (Å²) in [6.45, 7) is -0.333. The van der Waals surface area contributed by atoms with Crippen molar-refractivity contribution < 1.29 is 5.11 Å². The van der Waals surface area contributed by atoms with Crippen molar-refractivity contribution in [2.24, 2.45) is 17.4 Å². The van der Waals surface area contributed by atoms with Gasteiger partial charge in [0.25, 0.3) is 0 Å². The maximum atomic E-state index is 7.79. The molecule has 0 aliphatic rings. The zero-order valence-corrected chi connectivity index (χ0v) is 3.89. The van der Waals surface area contributed by atoms with E-state index in [0.717, 1.165) is 0 Å². The average Bonchev–Trinajstić information content (AvgIpc) is 1.73. The molecule has 0 saturated heterocycles. The van der Waals surface area contributed by atoms with Gasteiger partial charge >= 0.3 is 0 Å². The first-order valence-electron chi connectivity index (χ1n) is 1.54. The first-order valence-corrected chi connectivity index (χ1v) is 1.54. The van der Waals surface area contributed by atoms with E-state index < -0.39 is 0 Å². The molecule has 0 unspecified atom stereocenters. The van der Waals surface area contributed by atoms with Gasteiger partial charge in [0.05, 0.1) is 6.61 Å². The molecule has 7 heavy (non-hydrogen) atoms. The third kappa shape index (κ3) is 32.9. The number of amidine groups is 1. The van der Waals surface area contributed by atoms with Crippen LogP contribution >= 0.6 is 0 Å². The quantitative estimate of drug-likeness (QED) is 0.112. The van der Waals surface area contributed by atoms with Crippen molar-refractivity contribution in [3.05, 3.63) is 0 Å². The lowest BCUT2D eigenvalue weighted by Gasteiger charge is -1.78. The summed E-state index contributed by atoms with van der Waals surface area (Å²) in [5.41, 5.74) is 4.62. The SMILES string of the molecule is N=C(N)CO.NN. The van der Waals surface area contributed by atoms with Crippen molar-refractivity contribution >= 4 is 5.84 Å². The highest BCUT2D eigenvalue weighted by molar-refractivity contribution is 5.77. The Labute approximate surface area is 41.6 Å². The van der Waals surface area contributed by atoms with Crippen molar-refractivity contribution in [3.8, 4) is 0 Å². The summed E-state index contributed by atoms with van der Waals surface area (Å²) >= 11 is 0. The Balaban J connectivity index is 0. The van der Waals surface area contributed by atoms with E-state index in [1.54, 1.807) is 0 Å². The largest absolute Gasteiger partial charge is 0.388 e. The molecule has 0 atom stereocenters. The molecule has 0 heterocycles. The lowest BCUT2D eigenvalue weighted by atomic mass is 10.7. The molecule has 0 fully saturated rings. The molecular weight excluding hydrogens is 96.0 g/mol. The zero-order chi connectivity index (χ0) is 6.28. The van der Waals surface area contributed by atoms with Crippen molar-refractivity contribution in [2.75, 3.05) is 6.61 Å². The van der Waals surface area contributed by atoms with E-state index in [9.17, 15) is 0 Å². The first-order chi connectivity index (χ1) is 3.27. The molecule has 0 aromatic heterocycles. The molecule has 5 nitrogen and oxygen atoms in total. The standard InChI is InChI=1S/C2H6N2O.H4N2/c3-2(4)1-5;1-2/h5H,1H2,(H3,3,4);1-2H2. The third-order valence-corrected chi connectivity index (χ3v) is 0.170. The minimum atomic E-state index is -0.333. The van der Waals surface area contributed by atoms with Crippen molar-refractivity contribution in [1.82, 2.24) is 0 Å². The Bertz CT molecular complexity index is 45.0. The fraction of sp³-hybridized carbons (Fsp3) is 0.500. The Hall–Kier alpha value is -0.650. The van der Waals surface area contributed by atoms with Gasteiger partial charge in [0.2, 0.25) is 0 Å². The van der Waals surface area contributed by atoms with Crippen molar-refractivity contribution in [3.63, 3.8) is 0 Å². The van der Waals surface area contributed by atoms with Gasteiger partial charge in [-0.15, -0.1) is 0 Å². The number of nitrogens with one attached hydrogen (secondary N) is 1. The lowest BCUT2D eigenvalue weighted by Crippen LogP contribution is -2.13. The maximum absolute atomic E-state index is 7.79. The number of rotatable bonds is 1. The van der Waals surface area contributed by atoms with Crippen LogP contribution in [0.2, 0.25) is 0 Å². The van der Waals surface area contributed by atoms with Crippen LogP contribution in [0.15, 0.2) is 0 Å². The second-order valence-electron chi connectivity index (χ2n) is 0.683. The highest BCUT2D eigenvalue weighted by Crippen LogP contribution is 1.44. The summed E-state index contributed by atoms with van der Waals surface area (Å²) in [5.74, 6) is 7.81. The molecule has 0 rings (SSSR count). The molecule has 8 N–H and O–H groups in total. The van der Waals surface area contributed by atoms with Crippen LogP contribution in [-0.4, -0.2) is 17.5 Å². The number of hydrazine groups is 1. The second kappa shape index (κ2) is 9.02. The molecule has 0 radical (unpaired) electrons. The van der Waals surface area contributed by atoms with E-state index in [2.05, 4.69) is 17.4 Å². The summed E-state index contributed by atoms with van der Waals surface area (Å²) in [4.78, 5) is 0. The third-order valence-electron chi connectivity index (χ3n) is 0.170. The van der Waals surface area contributed by atoms with Crippen LogP contribution in [0, 0.1) is 5.41 Å².